The van der Waals surface area contributed by atoms with E-state index in [0.29, 0.717) is 5.56 Å². The summed E-state index contributed by atoms with van der Waals surface area (Å²) in [6.07, 6.45) is -0.555. The van der Waals surface area contributed by atoms with E-state index < -0.39 is 17.7 Å². The van der Waals surface area contributed by atoms with Crippen LogP contribution in [0.5, 0.6) is 0 Å². The first-order valence-electron chi connectivity index (χ1n) is 5.71. The maximum absolute atomic E-state index is 13.0. The Morgan fingerprint density at radius 3 is 2.68 bits per heavy atom. The third-order valence-electron chi connectivity index (χ3n) is 3.14. The summed E-state index contributed by atoms with van der Waals surface area (Å²) in [4.78, 5) is 4.05. The summed E-state index contributed by atoms with van der Waals surface area (Å²) < 4.78 is 43.5. The highest BCUT2D eigenvalue weighted by atomic mass is 19.3. The second-order valence-electron chi connectivity index (χ2n) is 4.65. The Morgan fingerprint density at radius 2 is 2.05 bits per heavy atom. The van der Waals surface area contributed by atoms with Crippen molar-refractivity contribution in [3.8, 4) is 11.4 Å². The largest absolute Gasteiger partial charge is 0.396 e. The molecule has 3 rings (SSSR count). The van der Waals surface area contributed by atoms with Crippen molar-refractivity contribution in [1.82, 2.24) is 10.1 Å². The Bertz CT molecular complexity index is 618. The van der Waals surface area contributed by atoms with Crippen LogP contribution >= 0.6 is 0 Å². The van der Waals surface area contributed by atoms with E-state index in [1.165, 1.54) is 18.2 Å². The lowest BCUT2D eigenvalue weighted by Crippen LogP contribution is -2.33. The van der Waals surface area contributed by atoms with Crippen molar-refractivity contribution < 1.29 is 17.7 Å². The molecule has 0 bridgehead atoms. The zero-order chi connectivity index (χ0) is 13.6. The van der Waals surface area contributed by atoms with Crippen LogP contribution in [0.2, 0.25) is 0 Å². The molecular formula is C12H10F3N3O. The van der Waals surface area contributed by atoms with E-state index in [-0.39, 0.29) is 30.2 Å². The molecule has 0 saturated heterocycles. The van der Waals surface area contributed by atoms with Gasteiger partial charge in [-0.2, -0.15) is 4.98 Å². The van der Waals surface area contributed by atoms with Gasteiger partial charge in [-0.3, -0.25) is 0 Å². The molecule has 0 amide bonds. The van der Waals surface area contributed by atoms with Crippen LogP contribution in [0, 0.1) is 5.82 Å². The normalized spacial score (nSPS) is 18.3. The average molecular weight is 269 g/mol. The first-order valence-corrected chi connectivity index (χ1v) is 5.71. The number of halogens is 3. The van der Waals surface area contributed by atoms with Crippen LogP contribution in [0.15, 0.2) is 22.7 Å². The van der Waals surface area contributed by atoms with Crippen molar-refractivity contribution in [2.45, 2.75) is 24.7 Å². The number of nitrogen functional groups attached to an aromatic ring is 1. The first kappa shape index (κ1) is 12.0. The second-order valence-corrected chi connectivity index (χ2v) is 4.65. The molecule has 4 nitrogen and oxygen atoms in total. The molecule has 19 heavy (non-hydrogen) atoms. The number of nitrogens with zero attached hydrogens (tertiary/aromatic N) is 2. The van der Waals surface area contributed by atoms with Gasteiger partial charge < -0.3 is 10.3 Å². The summed E-state index contributed by atoms with van der Waals surface area (Å²) in [5.74, 6) is -3.18. The molecule has 2 N–H and O–H groups in total. The summed E-state index contributed by atoms with van der Waals surface area (Å²) in [5, 5.41) is 3.70. The van der Waals surface area contributed by atoms with E-state index in [2.05, 4.69) is 10.1 Å². The Balaban J connectivity index is 1.83. The minimum atomic E-state index is -2.64. The summed E-state index contributed by atoms with van der Waals surface area (Å²) in [7, 11) is 0. The van der Waals surface area contributed by atoms with E-state index in [1.54, 1.807) is 0 Å². The smallest absolute Gasteiger partial charge is 0.249 e. The van der Waals surface area contributed by atoms with Crippen LogP contribution in [0.1, 0.15) is 24.7 Å². The van der Waals surface area contributed by atoms with Gasteiger partial charge in [0.25, 0.3) is 0 Å². The summed E-state index contributed by atoms with van der Waals surface area (Å²) in [6, 6.07) is 4.02. The maximum atomic E-state index is 13.0. The molecule has 2 aromatic rings. The topological polar surface area (TPSA) is 64.9 Å². The van der Waals surface area contributed by atoms with Gasteiger partial charge in [0, 0.05) is 24.3 Å². The summed E-state index contributed by atoms with van der Waals surface area (Å²) in [6.45, 7) is 0. The molecule has 1 heterocycles. The lowest BCUT2D eigenvalue weighted by molar-refractivity contribution is -0.0925. The number of hydrogen-bond donors (Lipinski definition) is 1. The highest BCUT2D eigenvalue weighted by Gasteiger charge is 2.48. The van der Waals surface area contributed by atoms with Crippen LogP contribution in [0.4, 0.5) is 18.9 Å². The van der Waals surface area contributed by atoms with Crippen LogP contribution in [0.25, 0.3) is 11.4 Å². The van der Waals surface area contributed by atoms with Gasteiger partial charge in [0.15, 0.2) is 0 Å². The third kappa shape index (κ3) is 2.16. The fraction of sp³-hybridized carbons (Fsp3) is 0.333. The number of nitrogens with two attached hydrogens (primary N) is 1. The minimum Gasteiger partial charge on any atom is -0.396 e. The molecular weight excluding hydrogens is 259 g/mol. The van der Waals surface area contributed by atoms with Crippen molar-refractivity contribution in [3.63, 3.8) is 0 Å². The van der Waals surface area contributed by atoms with Gasteiger partial charge in [0.2, 0.25) is 17.6 Å². The molecule has 1 aliphatic rings. The number of rotatable bonds is 2. The Morgan fingerprint density at radius 1 is 1.32 bits per heavy atom. The predicted octanol–water partition coefficient (Wildman–Crippen LogP) is 2.97. The van der Waals surface area contributed by atoms with Crippen molar-refractivity contribution in [1.29, 1.82) is 0 Å². The maximum Gasteiger partial charge on any atom is 0.249 e. The molecule has 1 saturated carbocycles. The van der Waals surface area contributed by atoms with E-state index in [9.17, 15) is 13.2 Å². The molecule has 0 radical (unpaired) electrons. The van der Waals surface area contributed by atoms with Gasteiger partial charge in [-0.05, 0) is 18.2 Å². The SMILES string of the molecule is Nc1cc(-c2noc(C3CC(F)(F)C3)n2)ccc1F. The van der Waals surface area contributed by atoms with Gasteiger partial charge in [0.1, 0.15) is 5.82 Å². The summed E-state index contributed by atoms with van der Waals surface area (Å²) in [5.41, 5.74) is 5.89. The Kier molecular flexibility index (Phi) is 2.51. The number of hydrogen-bond acceptors (Lipinski definition) is 4. The van der Waals surface area contributed by atoms with Crippen LogP contribution in [-0.2, 0) is 0 Å². The van der Waals surface area contributed by atoms with Gasteiger partial charge in [0.05, 0.1) is 5.69 Å². The first-order chi connectivity index (χ1) is 8.94. The van der Waals surface area contributed by atoms with E-state index in [1.807, 2.05) is 0 Å². The zero-order valence-corrected chi connectivity index (χ0v) is 9.74. The van der Waals surface area contributed by atoms with Crippen LogP contribution in [0.3, 0.4) is 0 Å². The molecule has 1 aliphatic carbocycles. The van der Waals surface area contributed by atoms with E-state index >= 15 is 0 Å². The fourth-order valence-electron chi connectivity index (χ4n) is 2.04. The van der Waals surface area contributed by atoms with E-state index in [4.69, 9.17) is 10.3 Å². The quantitative estimate of drug-likeness (QED) is 0.851. The predicted molar refractivity (Wildman–Crippen MR) is 61.0 cm³/mol. The standard InChI is InChI=1S/C12H10F3N3O/c13-8-2-1-6(3-9(8)16)10-17-11(19-18-10)7-4-12(14,15)5-7/h1-3,7H,4-5,16H2. The van der Waals surface area contributed by atoms with Gasteiger partial charge in [-0.1, -0.05) is 5.16 Å². The summed E-state index contributed by atoms with van der Waals surface area (Å²) >= 11 is 0. The fourth-order valence-corrected chi connectivity index (χ4v) is 2.04. The molecule has 100 valence electrons. The number of aromatic nitrogens is 2. The van der Waals surface area contributed by atoms with Crippen molar-refractivity contribution in [2.75, 3.05) is 5.73 Å². The molecule has 1 aromatic carbocycles. The molecule has 1 fully saturated rings. The highest BCUT2D eigenvalue weighted by Crippen LogP contribution is 2.47. The minimum absolute atomic E-state index is 0.0287. The monoisotopic (exact) mass is 269 g/mol. The van der Waals surface area contributed by atoms with Crippen molar-refractivity contribution in [2.24, 2.45) is 0 Å². The number of alkyl halides is 2. The van der Waals surface area contributed by atoms with E-state index in [0.717, 1.165) is 0 Å². The van der Waals surface area contributed by atoms with Crippen molar-refractivity contribution >= 4 is 5.69 Å². The average Bonchev–Trinajstić information content (AvgIpc) is 2.78. The Hall–Kier alpha value is -2.05. The van der Waals surface area contributed by atoms with Gasteiger partial charge in [-0.25, -0.2) is 13.2 Å². The third-order valence-corrected chi connectivity index (χ3v) is 3.14. The lowest BCUT2D eigenvalue weighted by atomic mass is 9.81. The van der Waals surface area contributed by atoms with Crippen LogP contribution in [-0.4, -0.2) is 16.1 Å². The molecule has 0 aliphatic heterocycles. The van der Waals surface area contributed by atoms with Gasteiger partial charge >= 0.3 is 0 Å². The molecule has 1 aromatic heterocycles. The number of benzene rings is 1. The number of anilines is 1. The molecule has 0 spiro atoms. The van der Waals surface area contributed by atoms with Crippen LogP contribution < -0.4 is 5.73 Å². The molecule has 0 atom stereocenters. The van der Waals surface area contributed by atoms with Crippen molar-refractivity contribution in [3.05, 3.63) is 29.9 Å². The Labute approximate surface area is 106 Å². The van der Waals surface area contributed by atoms with Gasteiger partial charge in [-0.15, -0.1) is 0 Å². The molecule has 0 unspecified atom stereocenters. The lowest BCUT2D eigenvalue weighted by Gasteiger charge is -2.31. The molecule has 7 heteroatoms. The zero-order valence-electron chi connectivity index (χ0n) is 9.74. The second kappa shape index (κ2) is 3.97. The highest BCUT2D eigenvalue weighted by molar-refractivity contribution is 5.61.